The molecule has 1 fully saturated rings. The Labute approximate surface area is 118 Å². The third-order valence-corrected chi connectivity index (χ3v) is 4.17. The van der Waals surface area contributed by atoms with E-state index in [0.717, 1.165) is 24.3 Å². The number of nitrogens with zero attached hydrogens (tertiary/aromatic N) is 2. The molecule has 1 N–H and O–H groups in total. The van der Waals surface area contributed by atoms with Gasteiger partial charge in [-0.1, -0.05) is 26.3 Å². The van der Waals surface area contributed by atoms with E-state index in [4.69, 9.17) is 0 Å². The van der Waals surface area contributed by atoms with Gasteiger partial charge in [0.15, 0.2) is 0 Å². The first-order valence-corrected chi connectivity index (χ1v) is 7.34. The number of carboxylic acids is 1. The minimum Gasteiger partial charge on any atom is -0.478 e. The number of hydrogen-bond acceptors (Lipinski definition) is 2. The first-order valence-electron chi connectivity index (χ1n) is 7.34. The minimum atomic E-state index is -0.897. The van der Waals surface area contributed by atoms with Gasteiger partial charge in [0.2, 0.25) is 0 Å². The monoisotopic (exact) mass is 272 g/mol. The number of benzene rings is 1. The third-order valence-electron chi connectivity index (χ3n) is 4.17. The van der Waals surface area contributed by atoms with Crippen LogP contribution in [-0.4, -0.2) is 20.6 Å². The Hall–Kier alpha value is -1.84. The lowest BCUT2D eigenvalue weighted by molar-refractivity contribution is 0.0699. The molecule has 1 aliphatic carbocycles. The summed E-state index contributed by atoms with van der Waals surface area (Å²) in [7, 11) is 0. The van der Waals surface area contributed by atoms with Crippen LogP contribution in [0.15, 0.2) is 18.2 Å². The third kappa shape index (κ3) is 2.19. The lowest BCUT2D eigenvalue weighted by atomic mass is 10.1. The van der Waals surface area contributed by atoms with Crippen molar-refractivity contribution < 1.29 is 9.90 Å². The van der Waals surface area contributed by atoms with Crippen molar-refractivity contribution in [3.8, 4) is 0 Å². The van der Waals surface area contributed by atoms with Crippen molar-refractivity contribution in [3.63, 3.8) is 0 Å². The van der Waals surface area contributed by atoms with Crippen LogP contribution in [0, 0.1) is 5.92 Å². The highest BCUT2D eigenvalue weighted by atomic mass is 16.4. The highest BCUT2D eigenvalue weighted by molar-refractivity contribution is 6.01. The molecule has 1 aromatic heterocycles. The topological polar surface area (TPSA) is 55.1 Å². The van der Waals surface area contributed by atoms with Crippen LogP contribution in [0.3, 0.4) is 0 Å². The van der Waals surface area contributed by atoms with Crippen molar-refractivity contribution in [1.29, 1.82) is 0 Å². The van der Waals surface area contributed by atoms with E-state index in [1.807, 2.05) is 12.1 Å². The minimum absolute atomic E-state index is 0.312. The first-order chi connectivity index (χ1) is 9.61. The summed E-state index contributed by atoms with van der Waals surface area (Å²) in [4.78, 5) is 16.0. The molecule has 1 atom stereocenters. The van der Waals surface area contributed by atoms with Crippen LogP contribution in [-0.2, 0) is 6.54 Å². The summed E-state index contributed by atoms with van der Waals surface area (Å²) in [6, 6.07) is 5.45. The molecule has 1 saturated carbocycles. The molecule has 0 spiro atoms. The average molecular weight is 272 g/mol. The van der Waals surface area contributed by atoms with Crippen molar-refractivity contribution in [2.75, 3.05) is 0 Å². The maximum Gasteiger partial charge on any atom is 0.337 e. The molecule has 1 aliphatic rings. The van der Waals surface area contributed by atoms with E-state index >= 15 is 0 Å². The van der Waals surface area contributed by atoms with Crippen LogP contribution >= 0.6 is 0 Å². The van der Waals surface area contributed by atoms with Gasteiger partial charge in [0.25, 0.3) is 0 Å². The van der Waals surface area contributed by atoms with Gasteiger partial charge in [-0.15, -0.1) is 0 Å². The van der Waals surface area contributed by atoms with E-state index in [1.165, 1.54) is 12.8 Å². The molecule has 106 valence electrons. The normalized spacial score (nSPS) is 16.5. The number of hydrogen-bond donors (Lipinski definition) is 1. The van der Waals surface area contributed by atoms with E-state index in [2.05, 4.69) is 23.4 Å². The Morgan fingerprint density at radius 3 is 2.85 bits per heavy atom. The standard InChI is InChI=1S/C16H20N2O2/c1-3-10(2)9-18-13-6-4-5-12(16(19)20)14(13)17-15(18)11-7-8-11/h4-6,10-11H,3,7-9H2,1-2H3,(H,19,20). The Kier molecular flexibility index (Phi) is 3.24. The Morgan fingerprint density at radius 2 is 2.25 bits per heavy atom. The second-order valence-electron chi connectivity index (χ2n) is 5.85. The number of para-hydroxylation sites is 1. The lowest BCUT2D eigenvalue weighted by Gasteiger charge is -2.13. The zero-order valence-corrected chi connectivity index (χ0v) is 12.0. The fourth-order valence-corrected chi connectivity index (χ4v) is 2.62. The highest BCUT2D eigenvalue weighted by Gasteiger charge is 2.30. The molecule has 4 heteroatoms. The van der Waals surface area contributed by atoms with Gasteiger partial charge in [0.05, 0.1) is 11.1 Å². The molecule has 0 bridgehead atoms. The van der Waals surface area contributed by atoms with Gasteiger partial charge in [-0.3, -0.25) is 0 Å². The van der Waals surface area contributed by atoms with Crippen LogP contribution in [0.1, 0.15) is 55.2 Å². The number of aromatic nitrogens is 2. The molecule has 1 unspecified atom stereocenters. The number of imidazole rings is 1. The molecule has 3 rings (SSSR count). The van der Waals surface area contributed by atoms with Gasteiger partial charge < -0.3 is 9.67 Å². The number of aromatic carboxylic acids is 1. The summed E-state index contributed by atoms with van der Waals surface area (Å²) in [5, 5.41) is 9.32. The summed E-state index contributed by atoms with van der Waals surface area (Å²) >= 11 is 0. The molecule has 4 nitrogen and oxygen atoms in total. The Bertz CT molecular complexity index is 656. The second kappa shape index (κ2) is 4.93. The summed E-state index contributed by atoms with van der Waals surface area (Å²) in [6.07, 6.45) is 3.46. The van der Waals surface area contributed by atoms with Crippen LogP contribution in [0.25, 0.3) is 11.0 Å². The van der Waals surface area contributed by atoms with E-state index in [9.17, 15) is 9.90 Å². The molecular formula is C16H20N2O2. The van der Waals surface area contributed by atoms with E-state index in [0.29, 0.717) is 22.9 Å². The quantitative estimate of drug-likeness (QED) is 0.903. The van der Waals surface area contributed by atoms with Crippen molar-refractivity contribution in [2.24, 2.45) is 5.92 Å². The summed E-state index contributed by atoms with van der Waals surface area (Å²) in [5.74, 6) is 1.27. The lowest BCUT2D eigenvalue weighted by Crippen LogP contribution is -2.09. The molecular weight excluding hydrogens is 252 g/mol. The van der Waals surface area contributed by atoms with Gasteiger partial charge in [-0.05, 0) is 30.9 Å². The van der Waals surface area contributed by atoms with Gasteiger partial charge >= 0.3 is 5.97 Å². The van der Waals surface area contributed by atoms with Crippen LogP contribution < -0.4 is 0 Å². The number of fused-ring (bicyclic) bond motifs is 1. The second-order valence-corrected chi connectivity index (χ2v) is 5.85. The van der Waals surface area contributed by atoms with E-state index < -0.39 is 5.97 Å². The van der Waals surface area contributed by atoms with Gasteiger partial charge in [0, 0.05) is 12.5 Å². The fraction of sp³-hybridized carbons (Fsp3) is 0.500. The average Bonchev–Trinajstić information content (AvgIpc) is 3.21. The van der Waals surface area contributed by atoms with Crippen LogP contribution in [0.2, 0.25) is 0 Å². The summed E-state index contributed by atoms with van der Waals surface area (Å²) < 4.78 is 2.24. The molecule has 0 amide bonds. The van der Waals surface area contributed by atoms with Crippen LogP contribution in [0.5, 0.6) is 0 Å². The van der Waals surface area contributed by atoms with Gasteiger partial charge in [-0.2, -0.15) is 0 Å². The molecule has 0 aliphatic heterocycles. The van der Waals surface area contributed by atoms with Crippen molar-refractivity contribution in [2.45, 2.75) is 45.6 Å². The van der Waals surface area contributed by atoms with Crippen molar-refractivity contribution in [3.05, 3.63) is 29.6 Å². The molecule has 1 heterocycles. The molecule has 0 saturated heterocycles. The smallest absolute Gasteiger partial charge is 0.337 e. The maximum absolute atomic E-state index is 11.4. The SMILES string of the molecule is CCC(C)Cn1c(C2CC2)nc2c(C(=O)O)cccc21. The Balaban J connectivity index is 2.17. The number of carboxylic acid groups (broad SMARTS) is 1. The summed E-state index contributed by atoms with van der Waals surface area (Å²) in [6.45, 7) is 5.33. The predicted molar refractivity (Wildman–Crippen MR) is 78.1 cm³/mol. The largest absolute Gasteiger partial charge is 0.478 e. The number of rotatable bonds is 5. The zero-order valence-electron chi connectivity index (χ0n) is 12.0. The highest BCUT2D eigenvalue weighted by Crippen LogP contribution is 2.41. The van der Waals surface area contributed by atoms with Gasteiger partial charge in [0.1, 0.15) is 11.3 Å². The fourth-order valence-electron chi connectivity index (χ4n) is 2.62. The van der Waals surface area contributed by atoms with E-state index in [-0.39, 0.29) is 0 Å². The predicted octanol–water partition coefficient (Wildman–Crippen LogP) is 3.66. The molecule has 1 aromatic carbocycles. The van der Waals surface area contributed by atoms with E-state index in [1.54, 1.807) is 6.07 Å². The maximum atomic E-state index is 11.4. The Morgan fingerprint density at radius 1 is 1.50 bits per heavy atom. The van der Waals surface area contributed by atoms with Crippen molar-refractivity contribution in [1.82, 2.24) is 9.55 Å². The van der Waals surface area contributed by atoms with Crippen LogP contribution in [0.4, 0.5) is 0 Å². The first kappa shape index (κ1) is 13.2. The van der Waals surface area contributed by atoms with Gasteiger partial charge in [-0.25, -0.2) is 9.78 Å². The number of carbonyl (C=O) groups is 1. The van der Waals surface area contributed by atoms with Crippen molar-refractivity contribution >= 4 is 17.0 Å². The molecule has 2 aromatic rings. The molecule has 0 radical (unpaired) electrons. The zero-order chi connectivity index (χ0) is 14.3. The summed E-state index contributed by atoms with van der Waals surface area (Å²) in [5.41, 5.74) is 1.92. The molecule has 20 heavy (non-hydrogen) atoms.